The number of halogens is 1. The van der Waals surface area contributed by atoms with E-state index in [4.69, 9.17) is 16.6 Å². The molecule has 1 fully saturated rings. The molecule has 1 atom stereocenters. The van der Waals surface area contributed by atoms with E-state index in [0.717, 1.165) is 56.5 Å². The number of anilines is 1. The predicted octanol–water partition coefficient (Wildman–Crippen LogP) is 2.81. The summed E-state index contributed by atoms with van der Waals surface area (Å²) in [6.07, 6.45) is 5.62. The molecule has 0 aliphatic carbocycles. The van der Waals surface area contributed by atoms with Crippen LogP contribution in [-0.2, 0) is 6.42 Å². The summed E-state index contributed by atoms with van der Waals surface area (Å²) in [7, 11) is 0. The zero-order valence-corrected chi connectivity index (χ0v) is 16.7. The molecular formula is C20H27ClN6. The van der Waals surface area contributed by atoms with E-state index >= 15 is 0 Å². The fourth-order valence-corrected chi connectivity index (χ4v) is 3.38. The average Bonchev–Trinajstić information content (AvgIpc) is 3.12. The smallest absolute Gasteiger partial charge is 0.191 e. The first-order valence-corrected chi connectivity index (χ1v) is 9.85. The molecule has 144 valence electrons. The quantitative estimate of drug-likeness (QED) is 0.590. The Morgan fingerprint density at radius 2 is 2.22 bits per heavy atom. The van der Waals surface area contributed by atoms with Gasteiger partial charge in [-0.2, -0.15) is 0 Å². The zero-order chi connectivity index (χ0) is 19.1. The molecule has 1 aliphatic rings. The van der Waals surface area contributed by atoms with Gasteiger partial charge in [0.05, 0.1) is 5.02 Å². The number of nitrogens with zero attached hydrogens (tertiary/aromatic N) is 4. The lowest BCUT2D eigenvalue weighted by atomic mass is 10.2. The number of aromatic nitrogens is 2. The number of guanidine groups is 1. The molecule has 1 aliphatic heterocycles. The molecule has 0 radical (unpaired) electrons. The molecule has 2 aromatic heterocycles. The van der Waals surface area contributed by atoms with Crippen molar-refractivity contribution in [1.29, 1.82) is 0 Å². The third-order valence-corrected chi connectivity index (χ3v) is 4.85. The van der Waals surface area contributed by atoms with Crippen LogP contribution in [0.2, 0.25) is 5.02 Å². The van der Waals surface area contributed by atoms with Gasteiger partial charge in [-0.05, 0) is 50.5 Å². The van der Waals surface area contributed by atoms with Gasteiger partial charge >= 0.3 is 0 Å². The van der Waals surface area contributed by atoms with E-state index in [-0.39, 0.29) is 0 Å². The Balaban J connectivity index is 1.54. The summed E-state index contributed by atoms with van der Waals surface area (Å²) in [5.41, 5.74) is 2.24. The third kappa shape index (κ3) is 5.57. The Labute approximate surface area is 166 Å². The van der Waals surface area contributed by atoms with Crippen molar-refractivity contribution in [2.45, 2.75) is 32.7 Å². The molecule has 2 N–H and O–H groups in total. The highest BCUT2D eigenvalue weighted by Crippen LogP contribution is 2.25. The van der Waals surface area contributed by atoms with Gasteiger partial charge in [0.25, 0.3) is 0 Å². The summed E-state index contributed by atoms with van der Waals surface area (Å²) >= 11 is 6.28. The highest BCUT2D eigenvalue weighted by molar-refractivity contribution is 6.32. The third-order valence-electron chi connectivity index (χ3n) is 4.55. The van der Waals surface area contributed by atoms with Crippen molar-refractivity contribution in [2.75, 3.05) is 31.1 Å². The molecular weight excluding hydrogens is 360 g/mol. The minimum atomic E-state index is 0.321. The Morgan fingerprint density at radius 3 is 2.96 bits per heavy atom. The SMILES string of the molecule is CCNC(=NCCc1ccc(C)nc1)NC1CCN(c2ncccc2Cl)C1. The van der Waals surface area contributed by atoms with Crippen molar-refractivity contribution >= 4 is 23.4 Å². The van der Waals surface area contributed by atoms with Crippen LogP contribution in [0.15, 0.2) is 41.7 Å². The van der Waals surface area contributed by atoms with Crippen molar-refractivity contribution in [3.8, 4) is 0 Å². The van der Waals surface area contributed by atoms with E-state index in [1.165, 1.54) is 5.56 Å². The van der Waals surface area contributed by atoms with E-state index in [0.29, 0.717) is 11.1 Å². The highest BCUT2D eigenvalue weighted by Gasteiger charge is 2.25. The van der Waals surface area contributed by atoms with Gasteiger partial charge in [0, 0.05) is 50.3 Å². The molecule has 1 saturated heterocycles. The van der Waals surface area contributed by atoms with Crippen molar-refractivity contribution in [3.63, 3.8) is 0 Å². The summed E-state index contributed by atoms with van der Waals surface area (Å²) in [4.78, 5) is 15.7. The molecule has 0 saturated carbocycles. The lowest BCUT2D eigenvalue weighted by Gasteiger charge is -2.20. The van der Waals surface area contributed by atoms with Gasteiger partial charge in [0.15, 0.2) is 5.96 Å². The van der Waals surface area contributed by atoms with Crippen molar-refractivity contribution in [3.05, 3.63) is 52.9 Å². The topological polar surface area (TPSA) is 65.4 Å². The molecule has 27 heavy (non-hydrogen) atoms. The van der Waals surface area contributed by atoms with E-state index < -0.39 is 0 Å². The zero-order valence-electron chi connectivity index (χ0n) is 16.0. The molecule has 7 heteroatoms. The first-order valence-electron chi connectivity index (χ1n) is 9.47. The van der Waals surface area contributed by atoms with Crippen LogP contribution in [0.25, 0.3) is 0 Å². The first-order chi connectivity index (χ1) is 13.2. The van der Waals surface area contributed by atoms with E-state index in [9.17, 15) is 0 Å². The Hall–Kier alpha value is -2.34. The van der Waals surface area contributed by atoms with E-state index in [1.54, 1.807) is 6.20 Å². The monoisotopic (exact) mass is 386 g/mol. The van der Waals surface area contributed by atoms with Gasteiger partial charge in [0.2, 0.25) is 0 Å². The number of hydrogen-bond acceptors (Lipinski definition) is 4. The Morgan fingerprint density at radius 1 is 1.33 bits per heavy atom. The number of hydrogen-bond donors (Lipinski definition) is 2. The molecule has 2 aromatic rings. The largest absolute Gasteiger partial charge is 0.357 e. The van der Waals surface area contributed by atoms with E-state index in [2.05, 4.69) is 38.5 Å². The van der Waals surface area contributed by atoms with Crippen LogP contribution >= 0.6 is 11.6 Å². The second-order valence-corrected chi connectivity index (χ2v) is 7.11. The van der Waals surface area contributed by atoms with E-state index in [1.807, 2.05) is 31.3 Å². The van der Waals surface area contributed by atoms with Crippen LogP contribution < -0.4 is 15.5 Å². The van der Waals surface area contributed by atoms with Crippen molar-refractivity contribution in [1.82, 2.24) is 20.6 Å². The van der Waals surface area contributed by atoms with Crippen molar-refractivity contribution < 1.29 is 0 Å². The number of pyridine rings is 2. The summed E-state index contributed by atoms with van der Waals surface area (Å²) in [5, 5.41) is 7.58. The normalized spacial score (nSPS) is 17.2. The Kier molecular flexibility index (Phi) is 6.87. The van der Waals surface area contributed by atoms with Gasteiger partial charge in [0.1, 0.15) is 5.82 Å². The maximum atomic E-state index is 6.28. The summed E-state index contributed by atoms with van der Waals surface area (Å²) in [5.74, 6) is 1.72. The molecule has 0 bridgehead atoms. The molecule has 6 nitrogen and oxygen atoms in total. The lowest BCUT2D eigenvalue weighted by molar-refractivity contribution is 0.648. The molecule has 3 heterocycles. The minimum absolute atomic E-state index is 0.321. The standard InChI is InChI=1S/C20H27ClN6/c1-3-22-20(24-11-8-16-7-6-15(2)25-13-16)26-17-9-12-27(14-17)19-18(21)5-4-10-23-19/h4-7,10,13,17H,3,8-9,11-12,14H2,1-2H3,(H2,22,24,26). The van der Waals surface area contributed by atoms with Gasteiger partial charge in [-0.3, -0.25) is 9.98 Å². The van der Waals surface area contributed by atoms with Crippen LogP contribution in [0, 0.1) is 6.92 Å². The second-order valence-electron chi connectivity index (χ2n) is 6.70. The van der Waals surface area contributed by atoms with Crippen LogP contribution in [0.3, 0.4) is 0 Å². The lowest BCUT2D eigenvalue weighted by Crippen LogP contribution is -2.44. The maximum absolute atomic E-state index is 6.28. The van der Waals surface area contributed by atoms with Gasteiger partial charge < -0.3 is 15.5 Å². The summed E-state index contributed by atoms with van der Waals surface area (Å²) in [6, 6.07) is 8.22. The van der Waals surface area contributed by atoms with Crippen molar-refractivity contribution in [2.24, 2.45) is 4.99 Å². The molecule has 0 amide bonds. The van der Waals surface area contributed by atoms with Gasteiger partial charge in [-0.25, -0.2) is 4.98 Å². The number of rotatable bonds is 6. The second kappa shape index (κ2) is 9.55. The van der Waals surface area contributed by atoms with Crippen LogP contribution in [0.4, 0.5) is 5.82 Å². The highest BCUT2D eigenvalue weighted by atomic mass is 35.5. The molecule has 0 aromatic carbocycles. The van der Waals surface area contributed by atoms with Gasteiger partial charge in [-0.1, -0.05) is 17.7 Å². The Bertz CT molecular complexity index is 761. The predicted molar refractivity (Wildman–Crippen MR) is 112 cm³/mol. The minimum Gasteiger partial charge on any atom is -0.357 e. The van der Waals surface area contributed by atoms with Crippen LogP contribution in [-0.4, -0.2) is 48.1 Å². The number of aryl methyl sites for hydroxylation is 1. The first kappa shape index (κ1) is 19.4. The maximum Gasteiger partial charge on any atom is 0.191 e. The number of aliphatic imine (C=N–C) groups is 1. The molecule has 0 spiro atoms. The number of nitrogens with one attached hydrogen (secondary N) is 2. The molecule has 3 rings (SSSR count). The molecule has 1 unspecified atom stereocenters. The van der Waals surface area contributed by atoms with Crippen LogP contribution in [0.1, 0.15) is 24.6 Å². The van der Waals surface area contributed by atoms with Crippen LogP contribution in [0.5, 0.6) is 0 Å². The summed E-state index contributed by atoms with van der Waals surface area (Å²) < 4.78 is 0. The fourth-order valence-electron chi connectivity index (χ4n) is 3.14. The summed E-state index contributed by atoms with van der Waals surface area (Å²) in [6.45, 7) is 7.43. The van der Waals surface area contributed by atoms with Gasteiger partial charge in [-0.15, -0.1) is 0 Å². The average molecular weight is 387 g/mol. The fraction of sp³-hybridized carbons (Fsp3) is 0.450.